The molecule has 1 aliphatic heterocycles. The zero-order valence-electron chi connectivity index (χ0n) is 17.0. The first-order chi connectivity index (χ1) is 15.4. The summed E-state index contributed by atoms with van der Waals surface area (Å²) in [4.78, 5) is 12.7. The van der Waals surface area contributed by atoms with Gasteiger partial charge in [0, 0.05) is 29.4 Å². The highest BCUT2D eigenvalue weighted by Gasteiger charge is 2.26. The second-order valence-corrected chi connectivity index (χ2v) is 11.8. The normalized spacial score (nSPS) is 14.9. The molecule has 0 radical (unpaired) electrons. The van der Waals surface area contributed by atoms with E-state index in [9.17, 15) is 13.2 Å². The van der Waals surface area contributed by atoms with Crippen LogP contribution in [0.15, 0.2) is 57.8 Å². The first-order valence-electron chi connectivity index (χ1n) is 10.0. The van der Waals surface area contributed by atoms with E-state index in [1.807, 2.05) is 24.3 Å². The monoisotopic (exact) mass is 508 g/mol. The molecule has 2 heterocycles. The summed E-state index contributed by atoms with van der Waals surface area (Å²) in [6, 6.07) is 13.6. The van der Waals surface area contributed by atoms with E-state index in [0.29, 0.717) is 34.6 Å². The highest BCUT2D eigenvalue weighted by atomic mass is 35.5. The van der Waals surface area contributed by atoms with E-state index in [-0.39, 0.29) is 10.8 Å². The van der Waals surface area contributed by atoms with Gasteiger partial charge in [0.1, 0.15) is 0 Å². The number of thioether (sulfide) groups is 1. The summed E-state index contributed by atoms with van der Waals surface area (Å²) in [6.07, 6.45) is 2.81. The molecule has 1 aliphatic rings. The highest BCUT2D eigenvalue weighted by Crippen LogP contribution is 2.29. The van der Waals surface area contributed by atoms with Crippen molar-refractivity contribution >= 4 is 55.8 Å². The highest BCUT2D eigenvalue weighted by molar-refractivity contribution is 8.00. The Labute approximate surface area is 200 Å². The summed E-state index contributed by atoms with van der Waals surface area (Å²) in [6.45, 7) is 1.08. The van der Waals surface area contributed by atoms with Gasteiger partial charge in [-0.1, -0.05) is 53.3 Å². The largest absolute Gasteiger partial charge is 0.296 e. The van der Waals surface area contributed by atoms with Crippen molar-refractivity contribution in [2.45, 2.75) is 34.3 Å². The standard InChI is InChI=1S/C21H21ClN4O3S3/c22-17-6-4-5-15(13-17)14-30-21-25-24-20(31-21)23-19(27)16-7-9-18(10-8-16)32(28,29)26-11-2-1-3-12-26/h4-10,13H,1-3,11-12,14H2,(H,23,24,27). The number of amides is 1. The minimum Gasteiger partial charge on any atom is -0.296 e. The second-order valence-electron chi connectivity index (χ2n) is 7.23. The first kappa shape index (κ1) is 23.2. The molecule has 7 nitrogen and oxygen atoms in total. The lowest BCUT2D eigenvalue weighted by molar-refractivity contribution is 0.102. The van der Waals surface area contributed by atoms with Crippen molar-refractivity contribution in [2.24, 2.45) is 0 Å². The third-order valence-electron chi connectivity index (χ3n) is 4.95. The van der Waals surface area contributed by atoms with Crippen molar-refractivity contribution in [3.8, 4) is 0 Å². The molecule has 1 saturated heterocycles. The van der Waals surface area contributed by atoms with Crippen LogP contribution in [-0.2, 0) is 15.8 Å². The molecule has 0 atom stereocenters. The fourth-order valence-corrected chi connectivity index (χ4v) is 6.71. The van der Waals surface area contributed by atoms with Crippen molar-refractivity contribution < 1.29 is 13.2 Å². The van der Waals surface area contributed by atoms with E-state index in [1.165, 1.54) is 51.7 Å². The summed E-state index contributed by atoms with van der Waals surface area (Å²) in [5.41, 5.74) is 1.42. The number of sulfonamides is 1. The molecule has 0 unspecified atom stereocenters. The van der Waals surface area contributed by atoms with Crippen LogP contribution in [0.3, 0.4) is 0 Å². The molecule has 4 rings (SSSR count). The molecule has 32 heavy (non-hydrogen) atoms. The summed E-state index contributed by atoms with van der Waals surface area (Å²) < 4.78 is 27.7. The third kappa shape index (κ3) is 5.68. The molecule has 11 heteroatoms. The van der Waals surface area contributed by atoms with E-state index in [4.69, 9.17) is 11.6 Å². The van der Waals surface area contributed by atoms with Gasteiger partial charge >= 0.3 is 0 Å². The number of piperidine rings is 1. The van der Waals surface area contributed by atoms with Crippen LogP contribution >= 0.6 is 34.7 Å². The third-order valence-corrected chi connectivity index (χ3v) is 9.14. The van der Waals surface area contributed by atoms with Crippen LogP contribution in [0.4, 0.5) is 5.13 Å². The maximum absolute atomic E-state index is 12.7. The predicted octanol–water partition coefficient (Wildman–Crippen LogP) is 4.91. The van der Waals surface area contributed by atoms with E-state index >= 15 is 0 Å². The van der Waals surface area contributed by atoms with E-state index in [1.54, 1.807) is 0 Å². The summed E-state index contributed by atoms with van der Waals surface area (Å²) in [5.74, 6) is 0.324. The number of hydrogen-bond donors (Lipinski definition) is 1. The van der Waals surface area contributed by atoms with Crippen LogP contribution in [0.25, 0.3) is 0 Å². The van der Waals surface area contributed by atoms with Gasteiger partial charge in [-0.3, -0.25) is 10.1 Å². The predicted molar refractivity (Wildman–Crippen MR) is 128 cm³/mol. The van der Waals surface area contributed by atoms with Crippen molar-refractivity contribution in [3.63, 3.8) is 0 Å². The van der Waals surface area contributed by atoms with Gasteiger partial charge in [0.15, 0.2) is 4.34 Å². The zero-order valence-corrected chi connectivity index (χ0v) is 20.2. The van der Waals surface area contributed by atoms with Gasteiger partial charge in [0.25, 0.3) is 5.91 Å². The molecular formula is C21H21ClN4O3S3. The maximum Gasteiger partial charge on any atom is 0.257 e. The van der Waals surface area contributed by atoms with Crippen LogP contribution in [0.2, 0.25) is 5.02 Å². The number of anilines is 1. The molecule has 1 N–H and O–H groups in total. The Morgan fingerprint density at radius 2 is 1.84 bits per heavy atom. The number of rotatable bonds is 7. The zero-order chi connectivity index (χ0) is 22.6. The van der Waals surface area contributed by atoms with E-state index in [0.717, 1.165) is 29.2 Å². The Bertz CT molecular complexity index is 1190. The number of nitrogens with one attached hydrogen (secondary N) is 1. The molecule has 3 aromatic rings. The Balaban J connectivity index is 1.36. The topological polar surface area (TPSA) is 92.3 Å². The lowest BCUT2D eigenvalue weighted by atomic mass is 10.2. The van der Waals surface area contributed by atoms with Gasteiger partial charge in [-0.2, -0.15) is 4.31 Å². The summed E-state index contributed by atoms with van der Waals surface area (Å²) >= 11 is 8.79. The Morgan fingerprint density at radius 3 is 2.56 bits per heavy atom. The van der Waals surface area contributed by atoms with Crippen molar-refractivity contribution in [1.82, 2.24) is 14.5 Å². The number of hydrogen-bond acceptors (Lipinski definition) is 7. The SMILES string of the molecule is O=C(Nc1nnc(SCc2cccc(Cl)c2)s1)c1ccc(S(=O)(=O)N2CCCCC2)cc1. The quantitative estimate of drug-likeness (QED) is 0.360. The number of halogens is 1. The number of benzene rings is 2. The average molecular weight is 509 g/mol. The molecule has 1 fully saturated rings. The number of carbonyl (C=O) groups is 1. The lowest BCUT2D eigenvalue weighted by Gasteiger charge is -2.25. The first-order valence-corrected chi connectivity index (χ1v) is 13.7. The van der Waals surface area contributed by atoms with Gasteiger partial charge in [0.2, 0.25) is 15.2 Å². The number of nitrogens with zero attached hydrogens (tertiary/aromatic N) is 3. The minimum absolute atomic E-state index is 0.201. The Morgan fingerprint density at radius 1 is 1.09 bits per heavy atom. The fraction of sp³-hybridized carbons (Fsp3) is 0.286. The second kappa shape index (κ2) is 10.3. The number of carbonyl (C=O) groups excluding carboxylic acids is 1. The van der Waals surface area contributed by atoms with Crippen LogP contribution < -0.4 is 5.32 Å². The summed E-state index contributed by atoms with van der Waals surface area (Å²) in [5, 5.41) is 11.9. The minimum atomic E-state index is -3.52. The molecular weight excluding hydrogens is 488 g/mol. The fourth-order valence-electron chi connectivity index (χ4n) is 3.29. The maximum atomic E-state index is 12.7. The van der Waals surface area contributed by atoms with Gasteiger partial charge in [-0.25, -0.2) is 8.42 Å². The van der Waals surface area contributed by atoms with Crippen LogP contribution in [0, 0.1) is 0 Å². The van der Waals surface area contributed by atoms with Crippen LogP contribution in [0.5, 0.6) is 0 Å². The Hall–Kier alpha value is -1.98. The average Bonchev–Trinajstić information content (AvgIpc) is 3.25. The van der Waals surface area contributed by atoms with Gasteiger partial charge in [-0.15, -0.1) is 10.2 Å². The Kier molecular flexibility index (Phi) is 7.47. The smallest absolute Gasteiger partial charge is 0.257 e. The molecule has 1 aromatic heterocycles. The molecule has 0 aliphatic carbocycles. The van der Waals surface area contributed by atoms with Gasteiger partial charge in [-0.05, 0) is 54.8 Å². The van der Waals surface area contributed by atoms with E-state index < -0.39 is 10.0 Å². The van der Waals surface area contributed by atoms with Crippen molar-refractivity contribution in [1.29, 1.82) is 0 Å². The van der Waals surface area contributed by atoms with Crippen molar-refractivity contribution in [2.75, 3.05) is 18.4 Å². The molecule has 1 amide bonds. The molecule has 2 aromatic carbocycles. The van der Waals surface area contributed by atoms with Crippen LogP contribution in [0.1, 0.15) is 35.2 Å². The van der Waals surface area contributed by atoms with Gasteiger partial charge in [0.05, 0.1) is 4.90 Å². The molecule has 0 saturated carbocycles. The van der Waals surface area contributed by atoms with Gasteiger partial charge < -0.3 is 0 Å². The number of aromatic nitrogens is 2. The van der Waals surface area contributed by atoms with Crippen LogP contribution in [-0.4, -0.2) is 41.9 Å². The summed E-state index contributed by atoms with van der Waals surface area (Å²) in [7, 11) is -3.52. The van der Waals surface area contributed by atoms with E-state index in [2.05, 4.69) is 15.5 Å². The molecule has 0 bridgehead atoms. The molecule has 168 valence electrons. The molecule has 0 spiro atoms. The van der Waals surface area contributed by atoms with Crippen molar-refractivity contribution in [3.05, 3.63) is 64.7 Å². The lowest BCUT2D eigenvalue weighted by Crippen LogP contribution is -2.35.